The van der Waals surface area contributed by atoms with E-state index in [2.05, 4.69) is 0 Å². The Balaban J connectivity index is 2.37. The summed E-state index contributed by atoms with van der Waals surface area (Å²) >= 11 is 0. The maximum absolute atomic E-state index is 12.3. The molecular formula is C14H15F3N2O. The van der Waals surface area contributed by atoms with E-state index in [1.54, 1.807) is 24.3 Å². The van der Waals surface area contributed by atoms with E-state index >= 15 is 0 Å². The maximum atomic E-state index is 12.3. The number of alkyl halides is 3. The van der Waals surface area contributed by atoms with Crippen LogP contribution in [-0.2, 0) is 0 Å². The van der Waals surface area contributed by atoms with Gasteiger partial charge in [0.05, 0.1) is 5.52 Å². The second kappa shape index (κ2) is 5.28. The fraction of sp³-hybridized carbons (Fsp3) is 0.357. The second-order valence-corrected chi connectivity index (χ2v) is 4.75. The molecule has 20 heavy (non-hydrogen) atoms. The number of hydrogen-bond donors (Lipinski definition) is 1. The summed E-state index contributed by atoms with van der Waals surface area (Å²) in [6, 6.07) is 6.30. The standard InChI is InChI=1S/C14H15F3N2O/c1-9(20)19-8-11(10-4-2-3-5-13(10)19)12(18)6-7-14(15,16)17/h2-5,8,12H,6-7,18H2,1H3/t12-/m0/s1. The Kier molecular flexibility index (Phi) is 3.85. The molecule has 2 aromatic rings. The predicted octanol–water partition coefficient (Wildman–Crippen LogP) is 3.64. The first-order valence-electron chi connectivity index (χ1n) is 6.23. The normalized spacial score (nSPS) is 13.7. The highest BCUT2D eigenvalue weighted by Crippen LogP contribution is 2.31. The van der Waals surface area contributed by atoms with Gasteiger partial charge in [-0.3, -0.25) is 9.36 Å². The van der Waals surface area contributed by atoms with Crippen LogP contribution >= 0.6 is 0 Å². The van der Waals surface area contributed by atoms with Gasteiger partial charge in [0.1, 0.15) is 0 Å². The molecule has 1 heterocycles. The van der Waals surface area contributed by atoms with Crippen molar-refractivity contribution in [2.24, 2.45) is 5.73 Å². The summed E-state index contributed by atoms with van der Waals surface area (Å²) < 4.78 is 38.2. The smallest absolute Gasteiger partial charge is 0.324 e. The van der Waals surface area contributed by atoms with Crippen LogP contribution in [0, 0.1) is 0 Å². The van der Waals surface area contributed by atoms with E-state index in [0.717, 1.165) is 5.39 Å². The summed E-state index contributed by atoms with van der Waals surface area (Å²) in [7, 11) is 0. The molecule has 1 aromatic carbocycles. The van der Waals surface area contributed by atoms with Crippen molar-refractivity contribution >= 4 is 16.8 Å². The number of benzene rings is 1. The first-order valence-corrected chi connectivity index (χ1v) is 6.23. The van der Waals surface area contributed by atoms with Gasteiger partial charge in [0.25, 0.3) is 0 Å². The minimum Gasteiger partial charge on any atom is -0.324 e. The van der Waals surface area contributed by atoms with Crippen LogP contribution in [0.1, 0.15) is 36.2 Å². The number of halogens is 3. The number of aromatic nitrogens is 1. The van der Waals surface area contributed by atoms with E-state index in [0.29, 0.717) is 11.1 Å². The molecule has 0 bridgehead atoms. The van der Waals surface area contributed by atoms with Gasteiger partial charge in [0.2, 0.25) is 5.91 Å². The molecule has 2 N–H and O–H groups in total. The molecule has 0 saturated carbocycles. The van der Waals surface area contributed by atoms with E-state index in [1.165, 1.54) is 17.7 Å². The van der Waals surface area contributed by atoms with Crippen molar-refractivity contribution in [3.05, 3.63) is 36.0 Å². The van der Waals surface area contributed by atoms with Gasteiger partial charge in [-0.05, 0) is 18.1 Å². The Morgan fingerprint density at radius 1 is 1.35 bits per heavy atom. The zero-order valence-corrected chi connectivity index (χ0v) is 10.9. The first kappa shape index (κ1) is 14.6. The summed E-state index contributed by atoms with van der Waals surface area (Å²) in [5.74, 6) is -0.199. The van der Waals surface area contributed by atoms with Crippen molar-refractivity contribution in [2.75, 3.05) is 0 Å². The number of fused-ring (bicyclic) bond motifs is 1. The van der Waals surface area contributed by atoms with Gasteiger partial charge in [-0.15, -0.1) is 0 Å². The predicted molar refractivity (Wildman–Crippen MR) is 70.5 cm³/mol. The molecule has 3 nitrogen and oxygen atoms in total. The van der Waals surface area contributed by atoms with Crippen LogP contribution in [0.4, 0.5) is 13.2 Å². The lowest BCUT2D eigenvalue weighted by molar-refractivity contribution is -0.136. The third kappa shape index (κ3) is 3.01. The van der Waals surface area contributed by atoms with Crippen molar-refractivity contribution in [3.8, 4) is 0 Å². The van der Waals surface area contributed by atoms with Crippen molar-refractivity contribution in [3.63, 3.8) is 0 Å². The molecule has 0 aliphatic carbocycles. The second-order valence-electron chi connectivity index (χ2n) is 4.75. The largest absolute Gasteiger partial charge is 0.389 e. The van der Waals surface area contributed by atoms with Crippen LogP contribution in [0.15, 0.2) is 30.5 Å². The van der Waals surface area contributed by atoms with Gasteiger partial charge < -0.3 is 5.73 Å². The number of hydrogen-bond acceptors (Lipinski definition) is 2. The van der Waals surface area contributed by atoms with Crippen LogP contribution in [-0.4, -0.2) is 16.7 Å². The fourth-order valence-corrected chi connectivity index (χ4v) is 2.24. The minimum atomic E-state index is -4.23. The monoisotopic (exact) mass is 284 g/mol. The molecule has 1 atom stereocenters. The van der Waals surface area contributed by atoms with E-state index in [1.807, 2.05) is 0 Å². The molecule has 0 aliphatic rings. The molecule has 0 saturated heterocycles. The lowest BCUT2D eigenvalue weighted by Crippen LogP contribution is -2.15. The minimum absolute atomic E-state index is 0.199. The molecule has 2 rings (SSSR count). The highest BCUT2D eigenvalue weighted by atomic mass is 19.4. The van der Waals surface area contributed by atoms with Gasteiger partial charge in [-0.25, -0.2) is 0 Å². The molecular weight excluding hydrogens is 269 g/mol. The Labute approximate surface area is 114 Å². The molecule has 0 aliphatic heterocycles. The summed E-state index contributed by atoms with van der Waals surface area (Å²) in [5, 5.41) is 0.720. The van der Waals surface area contributed by atoms with Crippen LogP contribution in [0.2, 0.25) is 0 Å². The van der Waals surface area contributed by atoms with E-state index in [9.17, 15) is 18.0 Å². The number of nitrogens with two attached hydrogens (primary N) is 1. The SMILES string of the molecule is CC(=O)n1cc([C@@H](N)CCC(F)(F)F)c2ccccc21. The van der Waals surface area contributed by atoms with Gasteiger partial charge >= 0.3 is 6.18 Å². The summed E-state index contributed by atoms with van der Waals surface area (Å²) in [5.41, 5.74) is 7.09. The molecule has 0 unspecified atom stereocenters. The molecule has 0 amide bonds. The molecule has 0 fully saturated rings. The molecule has 0 spiro atoms. The van der Waals surface area contributed by atoms with E-state index < -0.39 is 18.6 Å². The number of nitrogens with zero attached hydrogens (tertiary/aromatic N) is 1. The lowest BCUT2D eigenvalue weighted by Gasteiger charge is -2.12. The van der Waals surface area contributed by atoms with Gasteiger partial charge in [0.15, 0.2) is 0 Å². The highest BCUT2D eigenvalue weighted by Gasteiger charge is 2.28. The average Bonchev–Trinajstić information content (AvgIpc) is 2.75. The Hall–Kier alpha value is -1.82. The zero-order valence-electron chi connectivity index (χ0n) is 10.9. The quantitative estimate of drug-likeness (QED) is 0.935. The van der Waals surface area contributed by atoms with Crippen LogP contribution in [0.3, 0.4) is 0 Å². The third-order valence-electron chi connectivity index (χ3n) is 3.22. The summed E-state index contributed by atoms with van der Waals surface area (Å²) in [4.78, 5) is 11.6. The zero-order chi connectivity index (χ0) is 14.9. The van der Waals surface area contributed by atoms with Crippen LogP contribution in [0.5, 0.6) is 0 Å². The molecule has 0 radical (unpaired) electrons. The van der Waals surface area contributed by atoms with Crippen molar-refractivity contribution < 1.29 is 18.0 Å². The topological polar surface area (TPSA) is 48.0 Å². The lowest BCUT2D eigenvalue weighted by atomic mass is 10.0. The first-order chi connectivity index (χ1) is 9.29. The summed E-state index contributed by atoms with van der Waals surface area (Å²) in [6.07, 6.45) is -3.83. The van der Waals surface area contributed by atoms with Gasteiger partial charge in [-0.1, -0.05) is 18.2 Å². The Morgan fingerprint density at radius 3 is 2.60 bits per heavy atom. The summed E-state index contributed by atoms with van der Waals surface area (Å²) in [6.45, 7) is 1.40. The van der Waals surface area contributed by atoms with Gasteiger partial charge in [0, 0.05) is 31.0 Å². The third-order valence-corrected chi connectivity index (χ3v) is 3.22. The van der Waals surface area contributed by atoms with Crippen molar-refractivity contribution in [1.29, 1.82) is 0 Å². The number of para-hydroxylation sites is 1. The number of rotatable bonds is 3. The number of carbonyl (C=O) groups is 1. The number of carbonyl (C=O) groups excluding carboxylic acids is 1. The van der Waals surface area contributed by atoms with Crippen molar-refractivity contribution in [1.82, 2.24) is 4.57 Å². The molecule has 6 heteroatoms. The molecule has 108 valence electrons. The van der Waals surface area contributed by atoms with Crippen molar-refractivity contribution in [2.45, 2.75) is 32.0 Å². The van der Waals surface area contributed by atoms with Gasteiger partial charge in [-0.2, -0.15) is 13.2 Å². The van der Waals surface area contributed by atoms with Crippen LogP contribution < -0.4 is 5.73 Å². The average molecular weight is 284 g/mol. The van der Waals surface area contributed by atoms with E-state index in [4.69, 9.17) is 5.73 Å². The maximum Gasteiger partial charge on any atom is 0.389 e. The van der Waals surface area contributed by atoms with E-state index in [-0.39, 0.29) is 12.3 Å². The van der Waals surface area contributed by atoms with Crippen LogP contribution in [0.25, 0.3) is 10.9 Å². The highest BCUT2D eigenvalue weighted by molar-refractivity contribution is 5.93. The fourth-order valence-electron chi connectivity index (χ4n) is 2.24. The molecule has 1 aromatic heterocycles. The Bertz CT molecular complexity index is 631. The Morgan fingerprint density at radius 2 is 2.00 bits per heavy atom.